The lowest BCUT2D eigenvalue weighted by molar-refractivity contribution is 0.101. The first kappa shape index (κ1) is 18.4. The van der Waals surface area contributed by atoms with Gasteiger partial charge < -0.3 is 10.6 Å². The Morgan fingerprint density at radius 2 is 1.17 bits per heavy atom. The van der Waals surface area contributed by atoms with Crippen molar-refractivity contribution in [2.24, 2.45) is 0 Å². The Hall–Kier alpha value is -3.92. The van der Waals surface area contributed by atoms with Gasteiger partial charge in [-0.3, -0.25) is 9.59 Å². The number of aryl methyl sites for hydroxylation is 1. The lowest BCUT2D eigenvalue weighted by atomic mass is 10.1. The van der Waals surface area contributed by atoms with Crippen molar-refractivity contribution < 1.29 is 9.59 Å². The summed E-state index contributed by atoms with van der Waals surface area (Å²) in [5.74, 6) is -0.339. The van der Waals surface area contributed by atoms with E-state index in [1.54, 1.807) is 30.3 Å². The molecule has 142 valence electrons. The summed E-state index contributed by atoms with van der Waals surface area (Å²) in [6.07, 6.45) is 0. The molecule has 0 bridgehead atoms. The normalized spacial score (nSPS) is 10.5. The lowest BCUT2D eigenvalue weighted by Gasteiger charge is -2.09. The van der Waals surface area contributed by atoms with Crippen LogP contribution < -0.4 is 10.6 Å². The number of hydrogen-bond donors (Lipinski definition) is 2. The first-order valence-corrected chi connectivity index (χ1v) is 9.37. The van der Waals surface area contributed by atoms with Crippen molar-refractivity contribution in [2.75, 3.05) is 10.6 Å². The Balaban J connectivity index is 1.43. The zero-order valence-corrected chi connectivity index (χ0v) is 16.0. The molecule has 0 atom stereocenters. The van der Waals surface area contributed by atoms with Gasteiger partial charge in [0.05, 0.1) is 0 Å². The number of carbonyl (C=O) groups excluding carboxylic acids is 2. The van der Waals surface area contributed by atoms with Crippen molar-refractivity contribution >= 4 is 34.0 Å². The fourth-order valence-corrected chi connectivity index (χ4v) is 3.16. The zero-order chi connectivity index (χ0) is 20.2. The van der Waals surface area contributed by atoms with Gasteiger partial charge in [-0.25, -0.2) is 0 Å². The molecule has 4 heteroatoms. The van der Waals surface area contributed by atoms with E-state index in [0.717, 1.165) is 16.3 Å². The lowest BCUT2D eigenvalue weighted by Crippen LogP contribution is -2.13. The molecule has 0 heterocycles. The van der Waals surface area contributed by atoms with Crippen LogP contribution in [0.4, 0.5) is 11.4 Å². The Labute approximate surface area is 169 Å². The summed E-state index contributed by atoms with van der Waals surface area (Å²) >= 11 is 0. The molecule has 0 spiro atoms. The number of amides is 2. The number of anilines is 2. The molecule has 0 aromatic heterocycles. The second-order valence-electron chi connectivity index (χ2n) is 6.92. The molecule has 2 amide bonds. The summed E-state index contributed by atoms with van der Waals surface area (Å²) in [4.78, 5) is 24.9. The average Bonchev–Trinajstić information content (AvgIpc) is 2.74. The first-order valence-electron chi connectivity index (χ1n) is 9.37. The van der Waals surface area contributed by atoms with Gasteiger partial charge in [0, 0.05) is 22.5 Å². The molecule has 0 saturated carbocycles. The monoisotopic (exact) mass is 380 g/mol. The number of carbonyl (C=O) groups is 2. The molecule has 4 nitrogen and oxygen atoms in total. The quantitative estimate of drug-likeness (QED) is 0.480. The van der Waals surface area contributed by atoms with Crippen LogP contribution in [0.1, 0.15) is 26.3 Å². The fraction of sp³-hybridized carbons (Fsp3) is 0.0400. The summed E-state index contributed by atoms with van der Waals surface area (Å²) in [5.41, 5.74) is 3.57. The Bertz CT molecular complexity index is 1200. The average molecular weight is 380 g/mol. The van der Waals surface area contributed by atoms with E-state index in [-0.39, 0.29) is 11.8 Å². The molecular weight excluding hydrogens is 360 g/mol. The third kappa shape index (κ3) is 4.33. The molecular formula is C25H20N2O2. The van der Waals surface area contributed by atoms with Crippen LogP contribution in [0, 0.1) is 6.92 Å². The molecule has 0 fully saturated rings. The first-order chi connectivity index (χ1) is 14.1. The van der Waals surface area contributed by atoms with Crippen molar-refractivity contribution in [3.05, 3.63) is 108 Å². The largest absolute Gasteiger partial charge is 0.322 e. The van der Waals surface area contributed by atoms with E-state index < -0.39 is 0 Å². The van der Waals surface area contributed by atoms with Crippen LogP contribution in [-0.4, -0.2) is 11.8 Å². The van der Waals surface area contributed by atoms with Gasteiger partial charge >= 0.3 is 0 Å². The van der Waals surface area contributed by atoms with Crippen LogP contribution in [0.25, 0.3) is 10.8 Å². The summed E-state index contributed by atoms with van der Waals surface area (Å²) in [7, 11) is 0. The van der Waals surface area contributed by atoms with Crippen molar-refractivity contribution in [3.63, 3.8) is 0 Å². The van der Waals surface area contributed by atoms with Gasteiger partial charge in [0.15, 0.2) is 0 Å². The molecule has 4 aromatic carbocycles. The molecule has 0 aliphatic rings. The van der Waals surface area contributed by atoms with Crippen molar-refractivity contribution in [2.45, 2.75) is 6.92 Å². The van der Waals surface area contributed by atoms with Crippen LogP contribution in [0.3, 0.4) is 0 Å². The second kappa shape index (κ2) is 7.98. The minimum absolute atomic E-state index is 0.165. The SMILES string of the molecule is Cc1cccc(C(=O)Nc2ccc(NC(=O)c3ccc4ccccc4c3)cc2)c1. The summed E-state index contributed by atoms with van der Waals surface area (Å²) in [5, 5.41) is 7.87. The summed E-state index contributed by atoms with van der Waals surface area (Å²) < 4.78 is 0. The van der Waals surface area contributed by atoms with Gasteiger partial charge in [0.25, 0.3) is 11.8 Å². The molecule has 0 unspecified atom stereocenters. The van der Waals surface area contributed by atoms with E-state index in [1.165, 1.54) is 0 Å². The topological polar surface area (TPSA) is 58.2 Å². The molecule has 29 heavy (non-hydrogen) atoms. The molecule has 0 aliphatic carbocycles. The Kier molecular flexibility index (Phi) is 5.08. The Morgan fingerprint density at radius 1 is 0.586 bits per heavy atom. The highest BCUT2D eigenvalue weighted by molar-refractivity contribution is 6.07. The van der Waals surface area contributed by atoms with Gasteiger partial charge in [-0.2, -0.15) is 0 Å². The van der Waals surface area contributed by atoms with Crippen LogP contribution in [-0.2, 0) is 0 Å². The summed E-state index contributed by atoms with van der Waals surface area (Å²) in [6.45, 7) is 1.95. The molecule has 0 saturated heterocycles. The molecule has 2 N–H and O–H groups in total. The maximum atomic E-state index is 12.6. The van der Waals surface area contributed by atoms with Crippen molar-refractivity contribution in [1.29, 1.82) is 0 Å². The Morgan fingerprint density at radius 3 is 1.79 bits per heavy atom. The predicted molar refractivity (Wildman–Crippen MR) is 117 cm³/mol. The van der Waals surface area contributed by atoms with E-state index in [4.69, 9.17) is 0 Å². The standard InChI is InChI=1S/C25H20N2O2/c1-17-5-4-8-20(15-17)24(28)26-22-11-13-23(14-12-22)27-25(29)21-10-9-18-6-2-3-7-19(18)16-21/h2-16H,1H3,(H,26,28)(H,27,29). The molecule has 4 rings (SSSR count). The zero-order valence-electron chi connectivity index (χ0n) is 16.0. The van der Waals surface area contributed by atoms with Crippen LogP contribution in [0.5, 0.6) is 0 Å². The van der Waals surface area contributed by atoms with E-state index >= 15 is 0 Å². The highest BCUT2D eigenvalue weighted by Gasteiger charge is 2.09. The van der Waals surface area contributed by atoms with Crippen LogP contribution >= 0.6 is 0 Å². The maximum Gasteiger partial charge on any atom is 0.255 e. The summed E-state index contributed by atoms with van der Waals surface area (Å²) in [6, 6.07) is 28.0. The van der Waals surface area contributed by atoms with Gasteiger partial charge in [-0.1, -0.05) is 48.0 Å². The minimum atomic E-state index is -0.174. The van der Waals surface area contributed by atoms with Crippen molar-refractivity contribution in [3.8, 4) is 0 Å². The number of rotatable bonds is 4. The third-order valence-corrected chi connectivity index (χ3v) is 4.69. The minimum Gasteiger partial charge on any atom is -0.322 e. The van der Waals surface area contributed by atoms with E-state index in [0.29, 0.717) is 22.5 Å². The highest BCUT2D eigenvalue weighted by atomic mass is 16.2. The van der Waals surface area contributed by atoms with Crippen LogP contribution in [0.2, 0.25) is 0 Å². The van der Waals surface area contributed by atoms with Gasteiger partial charge in [-0.05, 0) is 66.2 Å². The van der Waals surface area contributed by atoms with E-state index in [2.05, 4.69) is 10.6 Å². The van der Waals surface area contributed by atoms with Gasteiger partial charge in [0.1, 0.15) is 0 Å². The van der Waals surface area contributed by atoms with E-state index in [1.807, 2.05) is 67.6 Å². The van der Waals surface area contributed by atoms with Crippen molar-refractivity contribution in [1.82, 2.24) is 0 Å². The number of nitrogens with one attached hydrogen (secondary N) is 2. The molecule has 0 aliphatic heterocycles. The van der Waals surface area contributed by atoms with Crippen LogP contribution in [0.15, 0.2) is 91.0 Å². The maximum absolute atomic E-state index is 12.6. The highest BCUT2D eigenvalue weighted by Crippen LogP contribution is 2.19. The van der Waals surface area contributed by atoms with Gasteiger partial charge in [-0.15, -0.1) is 0 Å². The fourth-order valence-electron chi connectivity index (χ4n) is 3.16. The van der Waals surface area contributed by atoms with Gasteiger partial charge in [0.2, 0.25) is 0 Å². The van der Waals surface area contributed by atoms with E-state index in [9.17, 15) is 9.59 Å². The number of fused-ring (bicyclic) bond motifs is 1. The smallest absolute Gasteiger partial charge is 0.255 e. The number of hydrogen-bond acceptors (Lipinski definition) is 2. The predicted octanol–water partition coefficient (Wildman–Crippen LogP) is 5.65. The molecule has 4 aromatic rings. The molecule has 0 radical (unpaired) electrons. The third-order valence-electron chi connectivity index (χ3n) is 4.69. The number of benzene rings is 4. The second-order valence-corrected chi connectivity index (χ2v) is 6.92.